The number of carbonyl (C=O) groups is 2. The Morgan fingerprint density at radius 1 is 1.26 bits per heavy atom. The molecule has 0 aromatic heterocycles. The van der Waals surface area contributed by atoms with Crippen LogP contribution in [0, 0.1) is 0 Å². The number of rotatable bonds is 6. The van der Waals surface area contributed by atoms with Crippen LogP contribution >= 0.6 is 0 Å². The van der Waals surface area contributed by atoms with E-state index in [1.807, 2.05) is 0 Å². The predicted octanol–water partition coefficient (Wildman–Crippen LogP) is 0.690. The highest BCUT2D eigenvalue weighted by Crippen LogP contribution is 2.12. The lowest BCUT2D eigenvalue weighted by Crippen LogP contribution is -2.18. The highest BCUT2D eigenvalue weighted by molar-refractivity contribution is 7.92. The maximum absolute atomic E-state index is 11.5. The van der Waals surface area contributed by atoms with Crippen molar-refractivity contribution in [1.82, 2.24) is 0 Å². The molecule has 0 aliphatic rings. The third-order valence-corrected chi connectivity index (χ3v) is 3.45. The molecular formula is C11H13NO6S. The molecule has 1 rings (SSSR count). The molecule has 19 heavy (non-hydrogen) atoms. The van der Waals surface area contributed by atoms with Crippen molar-refractivity contribution in [2.45, 2.75) is 6.42 Å². The Hall–Kier alpha value is -2.09. The molecule has 104 valence electrons. The standard InChI is InChI=1S/C11H13NO6S/c1-18-11(15)8-2-4-9(5-3-8)12-19(16,17)7-6-10(13)14/h2-5,12H,6-7H2,1H3,(H,13,14). The molecule has 0 aliphatic heterocycles. The molecule has 0 unspecified atom stereocenters. The molecule has 0 spiro atoms. The summed E-state index contributed by atoms with van der Waals surface area (Å²) in [6.07, 6.45) is -0.477. The smallest absolute Gasteiger partial charge is 0.337 e. The lowest BCUT2D eigenvalue weighted by molar-refractivity contribution is -0.136. The Balaban J connectivity index is 2.72. The molecule has 8 heteroatoms. The van der Waals surface area contributed by atoms with Crippen LogP contribution in [-0.4, -0.2) is 38.3 Å². The molecule has 0 fully saturated rings. The number of aliphatic carboxylic acids is 1. The van der Waals surface area contributed by atoms with E-state index in [0.717, 1.165) is 0 Å². The maximum atomic E-state index is 11.5. The SMILES string of the molecule is COC(=O)c1ccc(NS(=O)(=O)CCC(=O)O)cc1. The van der Waals surface area contributed by atoms with Crippen molar-refractivity contribution in [3.8, 4) is 0 Å². The summed E-state index contributed by atoms with van der Waals surface area (Å²) in [5, 5.41) is 8.42. The number of anilines is 1. The van der Waals surface area contributed by atoms with Crippen LogP contribution in [0.25, 0.3) is 0 Å². The Bertz CT molecular complexity index is 563. The minimum absolute atomic E-state index is 0.248. The average Bonchev–Trinajstić information content (AvgIpc) is 2.36. The number of nitrogens with one attached hydrogen (secondary N) is 1. The number of benzene rings is 1. The first kappa shape index (κ1) is 15.0. The highest BCUT2D eigenvalue weighted by atomic mass is 32.2. The van der Waals surface area contributed by atoms with Crippen LogP contribution in [0.1, 0.15) is 16.8 Å². The first-order chi connectivity index (χ1) is 8.84. The van der Waals surface area contributed by atoms with E-state index in [4.69, 9.17) is 5.11 Å². The van der Waals surface area contributed by atoms with Gasteiger partial charge in [0, 0.05) is 5.69 Å². The fourth-order valence-corrected chi connectivity index (χ4v) is 2.29. The maximum Gasteiger partial charge on any atom is 0.337 e. The quantitative estimate of drug-likeness (QED) is 0.745. The molecule has 0 bridgehead atoms. The van der Waals surface area contributed by atoms with Gasteiger partial charge in [-0.05, 0) is 24.3 Å². The van der Waals surface area contributed by atoms with E-state index >= 15 is 0 Å². The molecule has 2 N–H and O–H groups in total. The van der Waals surface area contributed by atoms with Gasteiger partial charge in [-0.25, -0.2) is 13.2 Å². The molecule has 0 saturated carbocycles. The fraction of sp³-hybridized carbons (Fsp3) is 0.273. The van der Waals surface area contributed by atoms with Gasteiger partial charge in [0.1, 0.15) is 0 Å². The highest BCUT2D eigenvalue weighted by Gasteiger charge is 2.13. The van der Waals surface area contributed by atoms with Crippen molar-refractivity contribution < 1.29 is 27.9 Å². The summed E-state index contributed by atoms with van der Waals surface area (Å²) < 4.78 is 29.7. The first-order valence-corrected chi connectivity index (χ1v) is 6.90. The van der Waals surface area contributed by atoms with Gasteiger partial charge in [0.15, 0.2) is 0 Å². The van der Waals surface area contributed by atoms with E-state index in [9.17, 15) is 18.0 Å². The van der Waals surface area contributed by atoms with Gasteiger partial charge >= 0.3 is 11.9 Å². The van der Waals surface area contributed by atoms with E-state index in [-0.39, 0.29) is 11.3 Å². The van der Waals surface area contributed by atoms with Crippen LogP contribution in [0.4, 0.5) is 5.69 Å². The number of carboxylic acid groups (broad SMARTS) is 1. The summed E-state index contributed by atoms with van der Waals surface area (Å²) in [7, 11) is -2.47. The van der Waals surface area contributed by atoms with Crippen molar-refractivity contribution in [1.29, 1.82) is 0 Å². The Kier molecular flexibility index (Phi) is 4.87. The van der Waals surface area contributed by atoms with Crippen LogP contribution in [0.5, 0.6) is 0 Å². The lowest BCUT2D eigenvalue weighted by atomic mass is 10.2. The third kappa shape index (κ3) is 4.96. The summed E-state index contributed by atoms with van der Waals surface area (Å²) in [4.78, 5) is 21.5. The number of methoxy groups -OCH3 is 1. The summed E-state index contributed by atoms with van der Waals surface area (Å²) in [6, 6.07) is 5.59. The zero-order chi connectivity index (χ0) is 14.5. The molecule has 0 amide bonds. The average molecular weight is 287 g/mol. The second-order valence-corrected chi connectivity index (χ2v) is 5.48. The number of carbonyl (C=O) groups excluding carboxylic acids is 1. The second kappa shape index (κ2) is 6.19. The predicted molar refractivity (Wildman–Crippen MR) is 67.4 cm³/mol. The van der Waals surface area contributed by atoms with Gasteiger partial charge in [0.05, 0.1) is 24.8 Å². The van der Waals surface area contributed by atoms with Gasteiger partial charge in [-0.2, -0.15) is 0 Å². The first-order valence-electron chi connectivity index (χ1n) is 5.25. The molecule has 0 heterocycles. The van der Waals surface area contributed by atoms with Crippen molar-refractivity contribution in [3.05, 3.63) is 29.8 Å². The molecule has 0 aliphatic carbocycles. The normalized spacial score (nSPS) is 10.8. The van der Waals surface area contributed by atoms with Crippen molar-refractivity contribution in [3.63, 3.8) is 0 Å². The topological polar surface area (TPSA) is 110 Å². The second-order valence-electron chi connectivity index (χ2n) is 3.63. The number of hydrogen-bond acceptors (Lipinski definition) is 5. The molecule has 1 aromatic rings. The molecule has 0 saturated heterocycles. The van der Waals surface area contributed by atoms with Gasteiger partial charge in [-0.3, -0.25) is 9.52 Å². The van der Waals surface area contributed by atoms with E-state index in [0.29, 0.717) is 0 Å². The van der Waals surface area contributed by atoms with Crippen molar-refractivity contribution in [2.75, 3.05) is 17.6 Å². The number of hydrogen-bond donors (Lipinski definition) is 2. The minimum atomic E-state index is -3.72. The van der Waals surface area contributed by atoms with Gasteiger partial charge in [0.2, 0.25) is 10.0 Å². The van der Waals surface area contributed by atoms with Gasteiger partial charge in [0.25, 0.3) is 0 Å². The Labute approximate surface area is 110 Å². The van der Waals surface area contributed by atoms with Crippen LogP contribution in [0.2, 0.25) is 0 Å². The van der Waals surface area contributed by atoms with Crippen molar-refractivity contribution >= 4 is 27.6 Å². The van der Waals surface area contributed by atoms with Crippen LogP contribution in [0.3, 0.4) is 0 Å². The number of sulfonamides is 1. The molecule has 7 nitrogen and oxygen atoms in total. The summed E-state index contributed by atoms with van der Waals surface area (Å²) in [5.41, 5.74) is 0.536. The Morgan fingerprint density at radius 2 is 1.84 bits per heavy atom. The molecular weight excluding hydrogens is 274 g/mol. The van der Waals surface area contributed by atoms with Crippen molar-refractivity contribution in [2.24, 2.45) is 0 Å². The molecule has 0 atom stereocenters. The largest absolute Gasteiger partial charge is 0.481 e. The van der Waals surface area contributed by atoms with E-state index in [1.54, 1.807) is 0 Å². The summed E-state index contributed by atoms with van der Waals surface area (Å²) in [6.45, 7) is 0. The summed E-state index contributed by atoms with van der Waals surface area (Å²) >= 11 is 0. The molecule has 0 radical (unpaired) electrons. The van der Waals surface area contributed by atoms with E-state index < -0.39 is 34.1 Å². The summed E-state index contributed by atoms with van der Waals surface area (Å²) in [5.74, 6) is -2.23. The van der Waals surface area contributed by atoms with Gasteiger partial charge < -0.3 is 9.84 Å². The zero-order valence-electron chi connectivity index (χ0n) is 10.1. The Morgan fingerprint density at radius 3 is 2.32 bits per heavy atom. The number of esters is 1. The van der Waals surface area contributed by atoms with Crippen LogP contribution in [-0.2, 0) is 19.6 Å². The molecule has 1 aromatic carbocycles. The van der Waals surface area contributed by atoms with Gasteiger partial charge in [-0.1, -0.05) is 0 Å². The number of ether oxygens (including phenoxy) is 1. The van der Waals surface area contributed by atoms with Crippen LogP contribution in [0.15, 0.2) is 24.3 Å². The van der Waals surface area contributed by atoms with Gasteiger partial charge in [-0.15, -0.1) is 0 Å². The van der Waals surface area contributed by atoms with E-state index in [1.165, 1.54) is 31.4 Å². The van der Waals surface area contributed by atoms with E-state index in [2.05, 4.69) is 9.46 Å². The lowest BCUT2D eigenvalue weighted by Gasteiger charge is -2.07. The zero-order valence-corrected chi connectivity index (χ0v) is 10.9. The fourth-order valence-electron chi connectivity index (χ4n) is 1.24. The third-order valence-electron chi connectivity index (χ3n) is 2.16. The van der Waals surface area contributed by atoms with Crippen LogP contribution < -0.4 is 4.72 Å². The monoisotopic (exact) mass is 287 g/mol. The minimum Gasteiger partial charge on any atom is -0.481 e. The number of carboxylic acids is 1.